The predicted octanol–water partition coefficient (Wildman–Crippen LogP) is 1.06. The van der Waals surface area contributed by atoms with Gasteiger partial charge in [-0.05, 0) is 11.6 Å². The van der Waals surface area contributed by atoms with E-state index in [1.54, 1.807) is 0 Å². The number of ether oxygens (including phenoxy) is 2. The average Bonchev–Trinajstić information content (AvgIpc) is 3.17. The second-order valence-electron chi connectivity index (χ2n) is 4.39. The van der Waals surface area contributed by atoms with E-state index in [0.29, 0.717) is 18.8 Å². The lowest BCUT2D eigenvalue weighted by Crippen LogP contribution is -2.32. The summed E-state index contributed by atoms with van der Waals surface area (Å²) in [6.45, 7) is 4.37. The number of pyridine rings is 1. The summed E-state index contributed by atoms with van der Waals surface area (Å²) in [5, 5.41) is 0. The van der Waals surface area contributed by atoms with E-state index in [-0.39, 0.29) is 0 Å². The molecule has 1 unspecified atom stereocenters. The van der Waals surface area contributed by atoms with Crippen molar-refractivity contribution < 1.29 is 9.47 Å². The molecule has 3 heterocycles. The van der Waals surface area contributed by atoms with Crippen molar-refractivity contribution >= 4 is 0 Å². The minimum Gasteiger partial charge on any atom is -0.355 e. The van der Waals surface area contributed by atoms with Crippen molar-refractivity contribution in [1.82, 2.24) is 9.88 Å². The summed E-state index contributed by atoms with van der Waals surface area (Å²) in [5.74, 6) is 0.431. The van der Waals surface area contributed by atoms with Crippen LogP contribution in [0.25, 0.3) is 0 Å². The van der Waals surface area contributed by atoms with Crippen LogP contribution < -0.4 is 0 Å². The van der Waals surface area contributed by atoms with E-state index in [2.05, 4.69) is 16.0 Å². The summed E-state index contributed by atoms with van der Waals surface area (Å²) < 4.78 is 10.8. The molecule has 2 aliphatic heterocycles. The second-order valence-corrected chi connectivity index (χ2v) is 4.39. The Bertz CT molecular complexity index is 334. The Labute approximate surface area is 95.2 Å². The van der Waals surface area contributed by atoms with Crippen LogP contribution in [0.2, 0.25) is 0 Å². The lowest BCUT2D eigenvalue weighted by Gasteiger charge is -2.31. The lowest BCUT2D eigenvalue weighted by atomic mass is 9.95. The molecule has 0 aromatic carbocycles. The molecule has 86 valence electrons. The first-order valence-electron chi connectivity index (χ1n) is 5.74. The Balaban J connectivity index is 1.80. The van der Waals surface area contributed by atoms with E-state index < -0.39 is 0 Å². The van der Waals surface area contributed by atoms with Gasteiger partial charge in [0.15, 0.2) is 0 Å². The van der Waals surface area contributed by atoms with E-state index in [0.717, 1.165) is 13.2 Å². The van der Waals surface area contributed by atoms with Crippen LogP contribution in [0, 0.1) is 5.92 Å². The van der Waals surface area contributed by atoms with Gasteiger partial charge in [0.1, 0.15) is 6.79 Å². The van der Waals surface area contributed by atoms with Crippen LogP contribution in [0.5, 0.6) is 0 Å². The van der Waals surface area contributed by atoms with Crippen LogP contribution in [-0.2, 0) is 9.47 Å². The molecule has 3 rings (SSSR count). The van der Waals surface area contributed by atoms with Gasteiger partial charge in [-0.3, -0.25) is 9.88 Å². The fraction of sp³-hybridized carbons (Fsp3) is 0.583. The van der Waals surface area contributed by atoms with Crippen molar-refractivity contribution in [1.29, 1.82) is 0 Å². The molecule has 0 saturated carbocycles. The molecular weight excluding hydrogens is 204 g/mol. The number of nitrogens with zero attached hydrogens (tertiary/aromatic N) is 2. The van der Waals surface area contributed by atoms with E-state index in [4.69, 9.17) is 9.47 Å². The Kier molecular flexibility index (Phi) is 2.86. The van der Waals surface area contributed by atoms with Gasteiger partial charge in [0.25, 0.3) is 0 Å². The molecule has 0 spiro atoms. The third kappa shape index (κ3) is 2.09. The first-order chi connectivity index (χ1) is 7.95. The van der Waals surface area contributed by atoms with Gasteiger partial charge in [-0.1, -0.05) is 6.07 Å². The van der Waals surface area contributed by atoms with E-state index in [9.17, 15) is 0 Å². The zero-order chi connectivity index (χ0) is 10.8. The molecule has 0 N–H and O–H groups in total. The molecule has 1 aromatic rings. The summed E-state index contributed by atoms with van der Waals surface area (Å²) in [4.78, 5) is 6.65. The highest BCUT2D eigenvalue weighted by atomic mass is 16.7. The average molecular weight is 220 g/mol. The molecule has 4 heteroatoms. The minimum absolute atomic E-state index is 0.411. The smallest absolute Gasteiger partial charge is 0.146 e. The number of aromatic nitrogens is 1. The van der Waals surface area contributed by atoms with Crippen LogP contribution in [0.4, 0.5) is 0 Å². The molecule has 4 nitrogen and oxygen atoms in total. The maximum atomic E-state index is 5.39. The van der Waals surface area contributed by atoms with Crippen molar-refractivity contribution in [3.63, 3.8) is 0 Å². The first-order valence-corrected chi connectivity index (χ1v) is 5.74. The van der Waals surface area contributed by atoms with Gasteiger partial charge < -0.3 is 9.47 Å². The van der Waals surface area contributed by atoms with Gasteiger partial charge in [-0.2, -0.15) is 0 Å². The fourth-order valence-electron chi connectivity index (χ4n) is 2.36. The topological polar surface area (TPSA) is 34.4 Å². The first kappa shape index (κ1) is 10.2. The van der Waals surface area contributed by atoms with Crippen molar-refractivity contribution in [3.8, 4) is 0 Å². The summed E-state index contributed by atoms with van der Waals surface area (Å²) >= 11 is 0. The molecule has 1 atom stereocenters. The van der Waals surface area contributed by atoms with Crippen LogP contribution in [-0.4, -0.2) is 43.0 Å². The Morgan fingerprint density at radius 1 is 1.31 bits per heavy atom. The van der Waals surface area contributed by atoms with E-state index in [1.165, 1.54) is 18.7 Å². The lowest BCUT2D eigenvalue weighted by molar-refractivity contribution is -0.136. The zero-order valence-electron chi connectivity index (χ0n) is 9.21. The maximum absolute atomic E-state index is 5.39. The molecule has 2 saturated heterocycles. The molecule has 2 aliphatic rings. The van der Waals surface area contributed by atoms with Crippen LogP contribution >= 0.6 is 0 Å². The third-order valence-corrected chi connectivity index (χ3v) is 3.18. The van der Waals surface area contributed by atoms with E-state index >= 15 is 0 Å². The summed E-state index contributed by atoms with van der Waals surface area (Å²) in [6.07, 6.45) is 3.77. The van der Waals surface area contributed by atoms with Crippen LogP contribution in [0.1, 0.15) is 11.6 Å². The molecule has 0 amide bonds. The van der Waals surface area contributed by atoms with Gasteiger partial charge in [0.05, 0.1) is 13.2 Å². The van der Waals surface area contributed by atoms with Crippen LogP contribution in [0.3, 0.4) is 0 Å². The van der Waals surface area contributed by atoms with Crippen molar-refractivity contribution in [3.05, 3.63) is 30.1 Å². The van der Waals surface area contributed by atoms with Gasteiger partial charge in [0.2, 0.25) is 0 Å². The zero-order valence-corrected chi connectivity index (χ0v) is 9.21. The van der Waals surface area contributed by atoms with Crippen LogP contribution in [0.15, 0.2) is 24.5 Å². The Morgan fingerprint density at radius 2 is 2.12 bits per heavy atom. The third-order valence-electron chi connectivity index (χ3n) is 3.18. The Morgan fingerprint density at radius 3 is 2.75 bits per heavy atom. The number of hydrogen-bond donors (Lipinski definition) is 0. The fourth-order valence-corrected chi connectivity index (χ4v) is 2.36. The minimum atomic E-state index is 0.411. The highest BCUT2D eigenvalue weighted by Crippen LogP contribution is 2.34. The van der Waals surface area contributed by atoms with Crippen molar-refractivity contribution in [2.24, 2.45) is 5.92 Å². The van der Waals surface area contributed by atoms with Gasteiger partial charge in [0, 0.05) is 37.4 Å². The highest BCUT2D eigenvalue weighted by molar-refractivity contribution is 5.17. The molecule has 1 aromatic heterocycles. The summed E-state index contributed by atoms with van der Waals surface area (Å²) in [7, 11) is 0. The monoisotopic (exact) mass is 220 g/mol. The molecular formula is C12H16N2O2. The largest absolute Gasteiger partial charge is 0.355 e. The quantitative estimate of drug-likeness (QED) is 0.713. The molecule has 0 bridgehead atoms. The summed E-state index contributed by atoms with van der Waals surface area (Å²) in [6, 6.07) is 4.55. The predicted molar refractivity (Wildman–Crippen MR) is 58.8 cm³/mol. The maximum Gasteiger partial charge on any atom is 0.146 e. The Hall–Kier alpha value is -0.970. The molecule has 0 aliphatic carbocycles. The second kappa shape index (κ2) is 4.49. The number of rotatable bonds is 3. The normalized spacial score (nSPS) is 24.2. The van der Waals surface area contributed by atoms with Gasteiger partial charge >= 0.3 is 0 Å². The van der Waals surface area contributed by atoms with Gasteiger partial charge in [-0.15, -0.1) is 0 Å². The van der Waals surface area contributed by atoms with Crippen molar-refractivity contribution in [2.45, 2.75) is 6.04 Å². The van der Waals surface area contributed by atoms with Gasteiger partial charge in [-0.25, -0.2) is 0 Å². The molecule has 2 fully saturated rings. The SMILES string of the molecule is c1cncc(C(C2COCOC2)N2CC2)c1. The molecule has 0 radical (unpaired) electrons. The standard InChI is InChI=1S/C12H16N2O2/c1-2-10(6-13-3-1)12(14-4-5-14)11-7-15-9-16-8-11/h1-3,6,11-12H,4-5,7-9H2. The molecule has 16 heavy (non-hydrogen) atoms. The van der Waals surface area contributed by atoms with Crippen molar-refractivity contribution in [2.75, 3.05) is 33.1 Å². The van der Waals surface area contributed by atoms with E-state index in [1.807, 2.05) is 18.5 Å². The highest BCUT2D eigenvalue weighted by Gasteiger charge is 2.36. The number of hydrogen-bond acceptors (Lipinski definition) is 4. The summed E-state index contributed by atoms with van der Waals surface area (Å²) in [5.41, 5.74) is 1.28.